The molecule has 8 nitrogen and oxygen atoms in total. The standard InChI is InChI=1S/C21H29N3O5SSi/c1-6-29-21(25)18-12-20(15(2)23-18)30(26,27)17-7-8-19-16(11-17)13-22-24(19)14-28-9-10-31(3,4)5/h7-8,11-13,23H,6,9-10,14H2,1-5H3. The molecule has 3 rings (SSSR count). The Morgan fingerprint density at radius 2 is 1.97 bits per heavy atom. The van der Waals surface area contributed by atoms with Crippen molar-refractivity contribution in [3.63, 3.8) is 0 Å². The Bertz CT molecular complexity index is 1190. The highest BCUT2D eigenvalue weighted by Gasteiger charge is 2.25. The third-order valence-electron chi connectivity index (χ3n) is 4.89. The molecular weight excluding hydrogens is 434 g/mol. The summed E-state index contributed by atoms with van der Waals surface area (Å²) in [7, 11) is -4.98. The van der Waals surface area contributed by atoms with Gasteiger partial charge in [0.05, 0.1) is 28.1 Å². The van der Waals surface area contributed by atoms with Gasteiger partial charge in [-0.15, -0.1) is 0 Å². The number of nitrogens with zero attached hydrogens (tertiary/aromatic N) is 2. The minimum atomic E-state index is -3.82. The number of ether oxygens (including phenoxy) is 2. The number of sulfone groups is 1. The van der Waals surface area contributed by atoms with E-state index in [1.165, 1.54) is 6.07 Å². The number of fused-ring (bicyclic) bond motifs is 1. The Morgan fingerprint density at radius 1 is 1.23 bits per heavy atom. The van der Waals surface area contributed by atoms with E-state index in [4.69, 9.17) is 9.47 Å². The number of benzene rings is 1. The molecule has 0 aliphatic rings. The minimum absolute atomic E-state index is 0.0528. The van der Waals surface area contributed by atoms with Gasteiger partial charge in [-0.2, -0.15) is 5.10 Å². The van der Waals surface area contributed by atoms with Crippen LogP contribution in [-0.2, 0) is 26.0 Å². The summed E-state index contributed by atoms with van der Waals surface area (Å²) in [6.45, 7) is 11.4. The maximum atomic E-state index is 13.2. The second kappa shape index (κ2) is 8.97. The van der Waals surface area contributed by atoms with Crippen molar-refractivity contribution in [1.82, 2.24) is 14.8 Å². The molecule has 0 bridgehead atoms. The molecule has 0 aliphatic carbocycles. The van der Waals surface area contributed by atoms with Gasteiger partial charge in [0, 0.05) is 25.8 Å². The molecule has 3 aromatic rings. The number of hydrogen-bond donors (Lipinski definition) is 1. The van der Waals surface area contributed by atoms with Crippen molar-refractivity contribution in [2.45, 2.75) is 56.1 Å². The quantitative estimate of drug-likeness (QED) is 0.292. The first-order valence-corrected chi connectivity index (χ1v) is 15.4. The number of carbonyl (C=O) groups is 1. The van der Waals surface area contributed by atoms with Crippen molar-refractivity contribution in [3.05, 3.63) is 41.9 Å². The molecule has 10 heteroatoms. The Labute approximate surface area is 183 Å². The molecular formula is C21H29N3O5SSi. The molecule has 2 heterocycles. The molecule has 0 spiro atoms. The first-order valence-electron chi connectivity index (χ1n) is 10.2. The molecule has 0 aliphatic heterocycles. The van der Waals surface area contributed by atoms with Crippen molar-refractivity contribution in [1.29, 1.82) is 0 Å². The number of esters is 1. The molecule has 0 unspecified atom stereocenters. The number of aromatic amines is 1. The molecule has 0 radical (unpaired) electrons. The molecule has 168 valence electrons. The lowest BCUT2D eigenvalue weighted by atomic mass is 10.2. The third kappa shape index (κ3) is 5.25. The monoisotopic (exact) mass is 463 g/mol. The lowest BCUT2D eigenvalue weighted by molar-refractivity contribution is 0.0520. The minimum Gasteiger partial charge on any atom is -0.461 e. The zero-order chi connectivity index (χ0) is 22.8. The lowest BCUT2D eigenvalue weighted by Crippen LogP contribution is -2.22. The third-order valence-corrected chi connectivity index (χ3v) is 8.47. The molecule has 2 aromatic heterocycles. The second-order valence-corrected chi connectivity index (χ2v) is 16.1. The van der Waals surface area contributed by atoms with Crippen LogP contribution in [0, 0.1) is 6.92 Å². The fourth-order valence-corrected chi connectivity index (χ4v) is 5.40. The van der Waals surface area contributed by atoms with Crippen LogP contribution in [0.15, 0.2) is 40.3 Å². The van der Waals surface area contributed by atoms with Gasteiger partial charge in [0.15, 0.2) is 0 Å². The number of aryl methyl sites for hydroxylation is 1. The number of hydrogen-bond acceptors (Lipinski definition) is 6. The number of aromatic nitrogens is 3. The lowest BCUT2D eigenvalue weighted by Gasteiger charge is -2.15. The summed E-state index contributed by atoms with van der Waals surface area (Å²) in [6, 6.07) is 7.26. The molecule has 0 amide bonds. The van der Waals surface area contributed by atoms with Crippen LogP contribution in [0.1, 0.15) is 23.1 Å². The fraction of sp³-hybridized carbons (Fsp3) is 0.429. The van der Waals surface area contributed by atoms with Gasteiger partial charge in [0.1, 0.15) is 12.4 Å². The molecule has 0 fully saturated rings. The first kappa shape index (κ1) is 23.2. The van der Waals surface area contributed by atoms with Crippen molar-refractivity contribution in [2.24, 2.45) is 0 Å². The van der Waals surface area contributed by atoms with Gasteiger partial charge in [-0.05, 0) is 44.2 Å². The fourth-order valence-electron chi connectivity index (χ4n) is 3.13. The van der Waals surface area contributed by atoms with E-state index in [9.17, 15) is 13.2 Å². The van der Waals surface area contributed by atoms with Crippen molar-refractivity contribution in [2.75, 3.05) is 13.2 Å². The van der Waals surface area contributed by atoms with E-state index < -0.39 is 23.9 Å². The Kier molecular flexibility index (Phi) is 6.72. The van der Waals surface area contributed by atoms with Crippen molar-refractivity contribution in [3.8, 4) is 0 Å². The van der Waals surface area contributed by atoms with Crippen LogP contribution in [0.5, 0.6) is 0 Å². The summed E-state index contributed by atoms with van der Waals surface area (Å²) in [4.78, 5) is 14.9. The molecule has 1 aromatic carbocycles. The number of carbonyl (C=O) groups excluding carboxylic acids is 1. The zero-order valence-corrected chi connectivity index (χ0v) is 20.4. The predicted molar refractivity (Wildman–Crippen MR) is 121 cm³/mol. The van der Waals surface area contributed by atoms with Crippen molar-refractivity contribution >= 4 is 34.8 Å². The van der Waals surface area contributed by atoms with E-state index in [0.717, 1.165) is 11.6 Å². The highest BCUT2D eigenvalue weighted by Crippen LogP contribution is 2.28. The summed E-state index contributed by atoms with van der Waals surface area (Å²) < 4.78 is 38.8. The van der Waals surface area contributed by atoms with Gasteiger partial charge in [0.25, 0.3) is 0 Å². The highest BCUT2D eigenvalue weighted by molar-refractivity contribution is 7.91. The second-order valence-electron chi connectivity index (χ2n) is 8.61. The van der Waals surface area contributed by atoms with Gasteiger partial charge < -0.3 is 14.5 Å². The van der Waals surface area contributed by atoms with Gasteiger partial charge in [0.2, 0.25) is 9.84 Å². The number of H-pyrrole nitrogens is 1. The van der Waals surface area contributed by atoms with Crippen LogP contribution in [0.3, 0.4) is 0 Å². The molecule has 0 saturated heterocycles. The van der Waals surface area contributed by atoms with Crippen LogP contribution in [0.2, 0.25) is 25.7 Å². The van der Waals surface area contributed by atoms with E-state index in [0.29, 0.717) is 24.4 Å². The first-order chi connectivity index (χ1) is 14.5. The van der Waals surface area contributed by atoms with Crippen LogP contribution in [0.25, 0.3) is 10.9 Å². The summed E-state index contributed by atoms with van der Waals surface area (Å²) in [5.74, 6) is -0.585. The van der Waals surface area contributed by atoms with Gasteiger partial charge >= 0.3 is 5.97 Å². The van der Waals surface area contributed by atoms with Crippen LogP contribution in [-0.4, -0.2) is 50.4 Å². The largest absolute Gasteiger partial charge is 0.461 e. The number of nitrogens with one attached hydrogen (secondary N) is 1. The van der Waals surface area contributed by atoms with Gasteiger partial charge in [-0.25, -0.2) is 17.9 Å². The Hall–Kier alpha value is -2.43. The Balaban J connectivity index is 1.83. The smallest absolute Gasteiger partial charge is 0.354 e. The average molecular weight is 464 g/mol. The normalized spacial score (nSPS) is 12.4. The van der Waals surface area contributed by atoms with E-state index in [1.54, 1.807) is 42.9 Å². The molecule has 0 saturated carbocycles. The van der Waals surface area contributed by atoms with Crippen molar-refractivity contribution < 1.29 is 22.7 Å². The summed E-state index contributed by atoms with van der Waals surface area (Å²) in [5, 5.41) is 5.03. The van der Waals surface area contributed by atoms with E-state index >= 15 is 0 Å². The van der Waals surface area contributed by atoms with E-state index in [2.05, 4.69) is 29.7 Å². The van der Waals surface area contributed by atoms with E-state index in [-0.39, 0.29) is 22.1 Å². The van der Waals surface area contributed by atoms with Crippen LogP contribution < -0.4 is 0 Å². The van der Waals surface area contributed by atoms with Gasteiger partial charge in [-0.3, -0.25) is 0 Å². The Morgan fingerprint density at radius 3 is 2.65 bits per heavy atom. The summed E-state index contributed by atoms with van der Waals surface area (Å²) >= 11 is 0. The summed E-state index contributed by atoms with van der Waals surface area (Å²) in [5.41, 5.74) is 1.29. The maximum Gasteiger partial charge on any atom is 0.354 e. The number of rotatable bonds is 9. The van der Waals surface area contributed by atoms with Crippen LogP contribution in [0.4, 0.5) is 0 Å². The van der Waals surface area contributed by atoms with Gasteiger partial charge in [-0.1, -0.05) is 19.6 Å². The molecule has 0 atom stereocenters. The predicted octanol–water partition coefficient (Wildman–Crippen LogP) is 3.99. The summed E-state index contributed by atoms with van der Waals surface area (Å²) in [6.07, 6.45) is 1.63. The maximum absolute atomic E-state index is 13.2. The highest BCUT2D eigenvalue weighted by atomic mass is 32.2. The zero-order valence-electron chi connectivity index (χ0n) is 18.6. The van der Waals surface area contributed by atoms with E-state index in [1.807, 2.05) is 0 Å². The molecule has 1 N–H and O–H groups in total. The SMILES string of the molecule is CCOC(=O)c1cc(S(=O)(=O)c2ccc3c(cnn3COCC[Si](C)(C)C)c2)c(C)[nH]1. The average Bonchev–Trinajstić information content (AvgIpc) is 3.28. The molecule has 31 heavy (non-hydrogen) atoms. The van der Waals surface area contributed by atoms with Crippen LogP contribution >= 0.6 is 0 Å². The topological polar surface area (TPSA) is 103 Å².